The largest absolute Gasteiger partial charge is 0.461 e. The van der Waals surface area contributed by atoms with E-state index in [2.05, 4.69) is 6.58 Å². The van der Waals surface area contributed by atoms with Gasteiger partial charge in [-0.15, -0.1) is 11.3 Å². The van der Waals surface area contributed by atoms with E-state index in [4.69, 9.17) is 4.74 Å². The molecule has 0 aliphatic heterocycles. The van der Waals surface area contributed by atoms with E-state index in [1.807, 2.05) is 13.0 Å². The molecule has 0 atom stereocenters. The summed E-state index contributed by atoms with van der Waals surface area (Å²) in [5, 5.41) is 0. The van der Waals surface area contributed by atoms with Crippen LogP contribution in [0.3, 0.4) is 0 Å². The first-order chi connectivity index (χ1) is 9.52. The normalized spacial score (nSPS) is 10.1. The molecule has 0 radical (unpaired) electrons. The highest BCUT2D eigenvalue weighted by molar-refractivity contribution is 7.14. The van der Waals surface area contributed by atoms with Crippen molar-refractivity contribution in [2.75, 3.05) is 6.61 Å². The molecule has 108 valence electrons. The van der Waals surface area contributed by atoms with Crippen molar-refractivity contribution in [2.45, 2.75) is 32.6 Å². The van der Waals surface area contributed by atoms with E-state index in [1.54, 1.807) is 6.07 Å². The average molecular weight is 294 g/mol. The Morgan fingerprint density at radius 2 is 1.90 bits per heavy atom. The van der Waals surface area contributed by atoms with Crippen molar-refractivity contribution in [3.63, 3.8) is 0 Å². The third kappa shape index (κ3) is 5.93. The van der Waals surface area contributed by atoms with Gasteiger partial charge in [0.2, 0.25) is 0 Å². The summed E-state index contributed by atoms with van der Waals surface area (Å²) in [6, 6.07) is 3.66. The van der Waals surface area contributed by atoms with Gasteiger partial charge in [-0.1, -0.05) is 12.7 Å². The zero-order valence-electron chi connectivity index (χ0n) is 11.5. The molecule has 5 heteroatoms. The first-order valence-corrected chi connectivity index (χ1v) is 7.22. The predicted octanol–water partition coefficient (Wildman–Crippen LogP) is 3.10. The molecular formula is C15H18O4S. The molecule has 0 aliphatic carbocycles. The highest BCUT2D eigenvalue weighted by Gasteiger charge is 2.12. The lowest BCUT2D eigenvalue weighted by molar-refractivity contribution is -0.143. The summed E-state index contributed by atoms with van der Waals surface area (Å²) in [6.45, 7) is 5.51. The second-order valence-electron chi connectivity index (χ2n) is 4.34. The Morgan fingerprint density at radius 1 is 1.20 bits per heavy atom. The van der Waals surface area contributed by atoms with Crippen LogP contribution in [-0.2, 0) is 14.3 Å². The van der Waals surface area contributed by atoms with E-state index in [1.165, 1.54) is 17.4 Å². The maximum atomic E-state index is 11.8. The number of esters is 1. The van der Waals surface area contributed by atoms with Crippen LogP contribution in [0.2, 0.25) is 0 Å². The first-order valence-electron chi connectivity index (χ1n) is 6.40. The van der Waals surface area contributed by atoms with Crippen LogP contribution in [-0.4, -0.2) is 24.1 Å². The zero-order valence-corrected chi connectivity index (χ0v) is 12.3. The SMILES string of the molecule is C=CCOC(=O)CCC(=O)CCC(=O)c1ccc(C)s1. The molecule has 0 bridgehead atoms. The number of ether oxygens (including phenoxy) is 1. The summed E-state index contributed by atoms with van der Waals surface area (Å²) in [4.78, 5) is 36.3. The van der Waals surface area contributed by atoms with Crippen molar-refractivity contribution in [1.82, 2.24) is 0 Å². The third-order valence-electron chi connectivity index (χ3n) is 2.62. The second kappa shape index (κ2) is 8.43. The monoisotopic (exact) mass is 294 g/mol. The van der Waals surface area contributed by atoms with Crippen LogP contribution in [0.15, 0.2) is 24.8 Å². The number of thiophene rings is 1. The topological polar surface area (TPSA) is 60.4 Å². The molecule has 0 saturated heterocycles. The lowest BCUT2D eigenvalue weighted by Gasteiger charge is -2.01. The van der Waals surface area contributed by atoms with Gasteiger partial charge in [0.15, 0.2) is 5.78 Å². The van der Waals surface area contributed by atoms with Crippen molar-refractivity contribution in [3.8, 4) is 0 Å². The molecule has 4 nitrogen and oxygen atoms in total. The molecule has 1 rings (SSSR count). The number of ketones is 2. The van der Waals surface area contributed by atoms with Crippen LogP contribution < -0.4 is 0 Å². The molecule has 20 heavy (non-hydrogen) atoms. The fourth-order valence-electron chi connectivity index (χ4n) is 1.55. The van der Waals surface area contributed by atoms with Crippen LogP contribution in [0.4, 0.5) is 0 Å². The summed E-state index contributed by atoms with van der Waals surface area (Å²) in [7, 11) is 0. The molecule has 1 aromatic heterocycles. The lowest BCUT2D eigenvalue weighted by Crippen LogP contribution is -2.09. The molecule has 0 spiro atoms. The summed E-state index contributed by atoms with van der Waals surface area (Å²) in [5.74, 6) is -0.536. The Kier molecular flexibility index (Phi) is 6.87. The summed E-state index contributed by atoms with van der Waals surface area (Å²) in [6.07, 6.45) is 2.01. The minimum atomic E-state index is -0.418. The second-order valence-corrected chi connectivity index (χ2v) is 5.63. The Hall–Kier alpha value is -1.75. The van der Waals surface area contributed by atoms with Crippen molar-refractivity contribution in [2.24, 2.45) is 0 Å². The van der Waals surface area contributed by atoms with E-state index in [0.717, 1.165) is 4.88 Å². The number of hydrogen-bond donors (Lipinski definition) is 0. The van der Waals surface area contributed by atoms with Gasteiger partial charge in [-0.2, -0.15) is 0 Å². The van der Waals surface area contributed by atoms with Gasteiger partial charge in [0, 0.05) is 24.1 Å². The summed E-state index contributed by atoms with van der Waals surface area (Å²) in [5.41, 5.74) is 0. The van der Waals surface area contributed by atoms with Crippen LogP contribution in [0.1, 0.15) is 40.2 Å². The number of rotatable bonds is 9. The molecule has 0 saturated carbocycles. The molecule has 1 aromatic rings. The predicted molar refractivity (Wildman–Crippen MR) is 78.0 cm³/mol. The van der Waals surface area contributed by atoms with Gasteiger partial charge < -0.3 is 4.74 Å². The smallest absolute Gasteiger partial charge is 0.306 e. The van der Waals surface area contributed by atoms with Crippen molar-refractivity contribution in [1.29, 1.82) is 0 Å². The molecular weight excluding hydrogens is 276 g/mol. The van der Waals surface area contributed by atoms with Crippen LogP contribution in [0, 0.1) is 6.92 Å². The maximum absolute atomic E-state index is 11.8. The molecule has 0 fully saturated rings. The van der Waals surface area contributed by atoms with Gasteiger partial charge >= 0.3 is 5.97 Å². The van der Waals surface area contributed by atoms with Gasteiger partial charge in [-0.05, 0) is 19.1 Å². The zero-order chi connectivity index (χ0) is 15.0. The molecule has 0 aromatic carbocycles. The molecule has 0 N–H and O–H groups in total. The Balaban J connectivity index is 2.24. The minimum absolute atomic E-state index is 0.0225. The Morgan fingerprint density at radius 3 is 2.50 bits per heavy atom. The summed E-state index contributed by atoms with van der Waals surface area (Å²) >= 11 is 1.43. The number of aryl methyl sites for hydroxylation is 1. The van der Waals surface area contributed by atoms with Crippen LogP contribution in [0.5, 0.6) is 0 Å². The number of Topliss-reactive ketones (excluding diaryl/α,β-unsaturated/α-hetero) is 2. The molecule has 1 heterocycles. The van der Waals surface area contributed by atoms with E-state index in [-0.39, 0.29) is 43.9 Å². The molecule has 0 unspecified atom stereocenters. The highest BCUT2D eigenvalue weighted by Crippen LogP contribution is 2.17. The third-order valence-corrected chi connectivity index (χ3v) is 3.66. The van der Waals surface area contributed by atoms with E-state index in [9.17, 15) is 14.4 Å². The van der Waals surface area contributed by atoms with Crippen molar-refractivity contribution in [3.05, 3.63) is 34.5 Å². The van der Waals surface area contributed by atoms with Gasteiger partial charge in [0.25, 0.3) is 0 Å². The fourth-order valence-corrected chi connectivity index (χ4v) is 2.39. The van der Waals surface area contributed by atoms with Crippen molar-refractivity contribution >= 4 is 28.9 Å². The number of carbonyl (C=O) groups excluding carboxylic acids is 3. The van der Waals surface area contributed by atoms with Gasteiger partial charge in [-0.3, -0.25) is 14.4 Å². The number of carbonyl (C=O) groups is 3. The fraction of sp³-hybridized carbons (Fsp3) is 0.400. The van der Waals surface area contributed by atoms with Crippen LogP contribution in [0.25, 0.3) is 0 Å². The average Bonchev–Trinajstić information content (AvgIpc) is 2.86. The quantitative estimate of drug-likeness (QED) is 0.399. The molecule has 0 aliphatic rings. The van der Waals surface area contributed by atoms with Crippen molar-refractivity contribution < 1.29 is 19.1 Å². The van der Waals surface area contributed by atoms with Gasteiger partial charge in [-0.25, -0.2) is 0 Å². The minimum Gasteiger partial charge on any atom is -0.461 e. The number of hydrogen-bond acceptors (Lipinski definition) is 5. The van der Waals surface area contributed by atoms with Gasteiger partial charge in [0.1, 0.15) is 12.4 Å². The van der Waals surface area contributed by atoms with E-state index in [0.29, 0.717) is 4.88 Å². The Bertz CT molecular complexity index is 502. The van der Waals surface area contributed by atoms with Gasteiger partial charge in [0.05, 0.1) is 11.3 Å². The lowest BCUT2D eigenvalue weighted by atomic mass is 10.1. The molecule has 0 amide bonds. The Labute approximate surface area is 122 Å². The van der Waals surface area contributed by atoms with E-state index < -0.39 is 5.97 Å². The highest BCUT2D eigenvalue weighted by atomic mass is 32.1. The maximum Gasteiger partial charge on any atom is 0.306 e. The standard InChI is InChI=1S/C15H18O4S/c1-3-10-19-15(18)9-6-12(16)5-7-13(17)14-8-4-11(2)20-14/h3-4,8H,1,5-7,9-10H2,2H3. The van der Waals surface area contributed by atoms with E-state index >= 15 is 0 Å². The first kappa shape index (κ1) is 16.3. The summed E-state index contributed by atoms with van der Waals surface area (Å²) < 4.78 is 4.76. The van der Waals surface area contributed by atoms with Crippen LogP contribution >= 0.6 is 11.3 Å².